The summed E-state index contributed by atoms with van der Waals surface area (Å²) >= 11 is 0. The van der Waals surface area contributed by atoms with Gasteiger partial charge in [0.05, 0.1) is 11.2 Å². The average Bonchev–Trinajstić information content (AvgIpc) is 3.03. The van der Waals surface area contributed by atoms with Gasteiger partial charge in [-0.05, 0) is 44.4 Å². The van der Waals surface area contributed by atoms with Crippen molar-refractivity contribution in [3.05, 3.63) is 42.1 Å². The van der Waals surface area contributed by atoms with Crippen LogP contribution in [0.4, 0.5) is 0 Å². The van der Waals surface area contributed by atoms with Crippen molar-refractivity contribution < 1.29 is 0 Å². The topological polar surface area (TPSA) is 28.2 Å². The third kappa shape index (κ3) is 2.16. The first-order valence-electron chi connectivity index (χ1n) is 7.95. The van der Waals surface area contributed by atoms with Gasteiger partial charge in [0.2, 0.25) is 0 Å². The number of likely N-dealkylation sites (tertiary alicyclic amines) is 1. The van der Waals surface area contributed by atoms with Crippen LogP contribution < -0.4 is 5.32 Å². The smallest absolute Gasteiger partial charge is 0.0705 e. The van der Waals surface area contributed by atoms with Gasteiger partial charge in [-0.1, -0.05) is 24.3 Å². The first-order valence-corrected chi connectivity index (χ1v) is 7.95. The van der Waals surface area contributed by atoms with E-state index in [1.165, 1.54) is 30.7 Å². The van der Waals surface area contributed by atoms with Crippen LogP contribution in [0.25, 0.3) is 10.9 Å². The molecule has 2 aromatic rings. The highest BCUT2D eigenvalue weighted by Crippen LogP contribution is 2.41. The second-order valence-corrected chi connectivity index (χ2v) is 7.05. The minimum atomic E-state index is 0.265. The number of aromatic nitrogens is 1. The molecule has 3 heterocycles. The Hall–Kier alpha value is -1.45. The summed E-state index contributed by atoms with van der Waals surface area (Å²) in [6, 6.07) is 12.7. The van der Waals surface area contributed by atoms with Crippen molar-refractivity contribution in [2.24, 2.45) is 11.8 Å². The molecule has 2 unspecified atom stereocenters. The zero-order valence-electron chi connectivity index (χ0n) is 12.8. The normalized spacial score (nSPS) is 28.1. The van der Waals surface area contributed by atoms with E-state index in [1.807, 2.05) is 0 Å². The van der Waals surface area contributed by atoms with Crippen LogP contribution in [0.3, 0.4) is 0 Å². The Morgan fingerprint density at radius 2 is 2.05 bits per heavy atom. The standard InChI is InChI=1S/C18H23N3/c1-18(2)16-10-19-9-14(16)11-21(18)12-15-8-7-13-5-3-4-6-17(13)20-15/h3-8,14,16,19H,9-12H2,1-2H3. The third-order valence-corrected chi connectivity index (χ3v) is 5.53. The summed E-state index contributed by atoms with van der Waals surface area (Å²) in [5, 5.41) is 4.77. The lowest BCUT2D eigenvalue weighted by molar-refractivity contribution is 0.130. The van der Waals surface area contributed by atoms with E-state index in [2.05, 4.69) is 60.5 Å². The largest absolute Gasteiger partial charge is 0.316 e. The third-order valence-electron chi connectivity index (χ3n) is 5.53. The molecule has 3 nitrogen and oxygen atoms in total. The first kappa shape index (κ1) is 13.2. The van der Waals surface area contributed by atoms with Gasteiger partial charge in [-0.25, -0.2) is 0 Å². The summed E-state index contributed by atoms with van der Waals surface area (Å²) in [6.07, 6.45) is 0. The molecule has 110 valence electrons. The van der Waals surface area contributed by atoms with Crippen LogP contribution >= 0.6 is 0 Å². The SMILES string of the molecule is CC1(C)C2CNCC2CN1Cc1ccc2ccccc2n1. The molecule has 0 amide bonds. The predicted octanol–water partition coefficient (Wildman–Crippen LogP) is 2.66. The van der Waals surface area contributed by atoms with Gasteiger partial charge in [-0.2, -0.15) is 0 Å². The van der Waals surface area contributed by atoms with Gasteiger partial charge in [-0.3, -0.25) is 9.88 Å². The van der Waals surface area contributed by atoms with Gasteiger partial charge >= 0.3 is 0 Å². The zero-order valence-corrected chi connectivity index (χ0v) is 12.8. The number of fused-ring (bicyclic) bond motifs is 2. The summed E-state index contributed by atoms with van der Waals surface area (Å²) < 4.78 is 0. The minimum absolute atomic E-state index is 0.265. The van der Waals surface area contributed by atoms with E-state index in [-0.39, 0.29) is 5.54 Å². The Kier molecular flexibility index (Phi) is 3.02. The van der Waals surface area contributed by atoms with E-state index in [4.69, 9.17) is 4.98 Å². The Morgan fingerprint density at radius 1 is 1.19 bits per heavy atom. The van der Waals surface area contributed by atoms with Crippen LogP contribution in [0, 0.1) is 11.8 Å². The van der Waals surface area contributed by atoms with E-state index in [1.54, 1.807) is 0 Å². The maximum atomic E-state index is 4.84. The molecular weight excluding hydrogens is 258 g/mol. The van der Waals surface area contributed by atoms with Gasteiger partial charge in [-0.15, -0.1) is 0 Å². The van der Waals surface area contributed by atoms with Crippen molar-refractivity contribution in [3.63, 3.8) is 0 Å². The first-order chi connectivity index (χ1) is 10.1. The van der Waals surface area contributed by atoms with E-state index in [9.17, 15) is 0 Å². The number of pyridine rings is 1. The van der Waals surface area contributed by atoms with Gasteiger partial charge < -0.3 is 5.32 Å². The quantitative estimate of drug-likeness (QED) is 0.917. The van der Waals surface area contributed by atoms with Crippen molar-refractivity contribution in [1.82, 2.24) is 15.2 Å². The molecule has 21 heavy (non-hydrogen) atoms. The van der Waals surface area contributed by atoms with Crippen molar-refractivity contribution >= 4 is 10.9 Å². The fourth-order valence-electron chi connectivity index (χ4n) is 4.16. The molecule has 4 rings (SSSR count). The minimum Gasteiger partial charge on any atom is -0.316 e. The van der Waals surface area contributed by atoms with Crippen molar-refractivity contribution in [2.45, 2.75) is 25.9 Å². The van der Waals surface area contributed by atoms with Crippen molar-refractivity contribution in [3.8, 4) is 0 Å². The highest BCUT2D eigenvalue weighted by molar-refractivity contribution is 5.78. The molecule has 2 saturated heterocycles. The molecule has 0 aliphatic carbocycles. The van der Waals surface area contributed by atoms with E-state index in [0.29, 0.717) is 0 Å². The molecule has 0 radical (unpaired) electrons. The molecule has 0 spiro atoms. The molecule has 0 saturated carbocycles. The van der Waals surface area contributed by atoms with Crippen LogP contribution in [0.15, 0.2) is 36.4 Å². The number of hydrogen-bond donors (Lipinski definition) is 1. The maximum absolute atomic E-state index is 4.84. The molecular formula is C18H23N3. The summed E-state index contributed by atoms with van der Waals surface area (Å²) in [5.41, 5.74) is 2.56. The molecule has 1 N–H and O–H groups in total. The summed E-state index contributed by atoms with van der Waals surface area (Å²) in [7, 11) is 0. The van der Waals surface area contributed by atoms with E-state index >= 15 is 0 Å². The molecule has 1 aromatic carbocycles. The summed E-state index contributed by atoms with van der Waals surface area (Å²) in [4.78, 5) is 7.47. The lowest BCUT2D eigenvalue weighted by atomic mass is 9.85. The Bertz CT molecular complexity index is 664. The summed E-state index contributed by atoms with van der Waals surface area (Å²) in [6.45, 7) is 9.29. The monoisotopic (exact) mass is 281 g/mol. The number of para-hydroxylation sites is 1. The highest BCUT2D eigenvalue weighted by atomic mass is 15.3. The summed E-state index contributed by atoms with van der Waals surface area (Å²) in [5.74, 6) is 1.58. The number of hydrogen-bond acceptors (Lipinski definition) is 3. The number of nitrogens with zero attached hydrogens (tertiary/aromatic N) is 2. The van der Waals surface area contributed by atoms with Crippen LogP contribution in [0.2, 0.25) is 0 Å². The molecule has 2 aliphatic rings. The molecule has 2 fully saturated rings. The Morgan fingerprint density at radius 3 is 2.90 bits per heavy atom. The van der Waals surface area contributed by atoms with Gasteiger partial charge in [0.25, 0.3) is 0 Å². The molecule has 2 aliphatic heterocycles. The predicted molar refractivity (Wildman–Crippen MR) is 86.1 cm³/mol. The number of nitrogens with one attached hydrogen (secondary N) is 1. The highest BCUT2D eigenvalue weighted by Gasteiger charge is 2.49. The lowest BCUT2D eigenvalue weighted by Gasteiger charge is -2.35. The average molecular weight is 281 g/mol. The van der Waals surface area contributed by atoms with Crippen LogP contribution in [-0.4, -0.2) is 35.1 Å². The van der Waals surface area contributed by atoms with Crippen molar-refractivity contribution in [2.75, 3.05) is 19.6 Å². The zero-order chi connectivity index (χ0) is 14.4. The fourth-order valence-corrected chi connectivity index (χ4v) is 4.16. The van der Waals surface area contributed by atoms with Gasteiger partial charge in [0, 0.05) is 30.6 Å². The van der Waals surface area contributed by atoms with Gasteiger partial charge in [0.15, 0.2) is 0 Å². The van der Waals surface area contributed by atoms with E-state index in [0.717, 1.165) is 23.9 Å². The second-order valence-electron chi connectivity index (χ2n) is 7.05. The number of benzene rings is 1. The molecule has 1 aromatic heterocycles. The van der Waals surface area contributed by atoms with Crippen molar-refractivity contribution in [1.29, 1.82) is 0 Å². The van der Waals surface area contributed by atoms with Crippen LogP contribution in [0.1, 0.15) is 19.5 Å². The van der Waals surface area contributed by atoms with E-state index < -0.39 is 0 Å². The fraction of sp³-hybridized carbons (Fsp3) is 0.500. The Labute approximate surface area is 126 Å². The molecule has 0 bridgehead atoms. The van der Waals surface area contributed by atoms with Gasteiger partial charge in [0.1, 0.15) is 0 Å². The molecule has 3 heteroatoms. The molecule has 2 atom stereocenters. The maximum Gasteiger partial charge on any atom is 0.0705 e. The number of rotatable bonds is 2. The lowest BCUT2D eigenvalue weighted by Crippen LogP contribution is -2.44. The second kappa shape index (κ2) is 4.79. The van der Waals surface area contributed by atoms with Crippen LogP contribution in [-0.2, 0) is 6.54 Å². The van der Waals surface area contributed by atoms with Crippen LogP contribution in [0.5, 0.6) is 0 Å². The Balaban J connectivity index is 1.60.